The lowest BCUT2D eigenvalue weighted by atomic mass is 9.80. The largest absolute Gasteiger partial charge is 0.488 e. The highest BCUT2D eigenvalue weighted by atomic mass is 16.7. The van der Waals surface area contributed by atoms with E-state index in [0.717, 1.165) is 5.56 Å². The number of rotatable bonds is 5. The van der Waals surface area contributed by atoms with Gasteiger partial charge in [0.1, 0.15) is 6.79 Å². The number of methoxy groups -OCH3 is 1. The predicted octanol–water partition coefficient (Wildman–Crippen LogP) is -0.513. The fourth-order valence-corrected chi connectivity index (χ4v) is 1.09. The van der Waals surface area contributed by atoms with Gasteiger partial charge in [-0.1, -0.05) is 24.3 Å². The Kier molecular flexibility index (Phi) is 4.62. The van der Waals surface area contributed by atoms with Crippen molar-refractivity contribution in [2.75, 3.05) is 13.9 Å². The van der Waals surface area contributed by atoms with E-state index in [1.54, 1.807) is 25.3 Å². The van der Waals surface area contributed by atoms with Gasteiger partial charge in [-0.3, -0.25) is 0 Å². The molecule has 0 atom stereocenters. The van der Waals surface area contributed by atoms with Crippen LogP contribution < -0.4 is 5.46 Å². The second-order valence-corrected chi connectivity index (χ2v) is 2.87. The normalized spacial score (nSPS) is 10.2. The minimum absolute atomic E-state index is 0.228. The molecule has 2 N–H and O–H groups in total. The summed E-state index contributed by atoms with van der Waals surface area (Å²) >= 11 is 0. The average molecular weight is 196 g/mol. The van der Waals surface area contributed by atoms with Gasteiger partial charge in [-0.25, -0.2) is 0 Å². The molecule has 0 aliphatic rings. The summed E-state index contributed by atoms with van der Waals surface area (Å²) in [6, 6.07) is 6.92. The third-order valence-electron chi connectivity index (χ3n) is 1.72. The van der Waals surface area contributed by atoms with Gasteiger partial charge in [0.05, 0.1) is 6.61 Å². The van der Waals surface area contributed by atoms with Crippen molar-refractivity contribution in [3.05, 3.63) is 29.8 Å². The summed E-state index contributed by atoms with van der Waals surface area (Å²) in [7, 11) is 0.117. The van der Waals surface area contributed by atoms with Crippen molar-refractivity contribution in [1.29, 1.82) is 0 Å². The van der Waals surface area contributed by atoms with E-state index in [-0.39, 0.29) is 6.79 Å². The summed E-state index contributed by atoms with van der Waals surface area (Å²) in [5.41, 5.74) is 1.34. The van der Waals surface area contributed by atoms with E-state index in [2.05, 4.69) is 0 Å². The molecule has 0 heterocycles. The van der Waals surface area contributed by atoms with Crippen molar-refractivity contribution >= 4 is 12.6 Å². The van der Waals surface area contributed by atoms with E-state index in [9.17, 15) is 0 Å². The van der Waals surface area contributed by atoms with Gasteiger partial charge in [0.25, 0.3) is 0 Å². The Morgan fingerprint density at radius 1 is 1.36 bits per heavy atom. The molecule has 0 bridgehead atoms. The molecule has 1 rings (SSSR count). The molecule has 0 aliphatic heterocycles. The first-order valence-corrected chi connectivity index (χ1v) is 4.25. The van der Waals surface area contributed by atoms with Crippen LogP contribution in [0.1, 0.15) is 5.56 Å². The van der Waals surface area contributed by atoms with Gasteiger partial charge < -0.3 is 19.5 Å². The fourth-order valence-electron chi connectivity index (χ4n) is 1.09. The maximum atomic E-state index is 8.91. The van der Waals surface area contributed by atoms with Crippen LogP contribution in [-0.4, -0.2) is 31.1 Å². The molecular formula is C9H13BO4. The average Bonchev–Trinajstić information content (AvgIpc) is 2.19. The summed E-state index contributed by atoms with van der Waals surface area (Å²) in [6.07, 6.45) is 0. The standard InChI is InChI=1S/C9H13BO4/c1-13-7-14-6-8-3-2-4-9(5-8)10(11)12/h2-5,11-12H,6-7H2,1H3. The van der Waals surface area contributed by atoms with Crippen LogP contribution in [0, 0.1) is 0 Å². The molecule has 1 aromatic rings. The molecule has 0 aliphatic carbocycles. The highest BCUT2D eigenvalue weighted by Gasteiger charge is 2.10. The first-order valence-electron chi connectivity index (χ1n) is 4.25. The molecule has 4 nitrogen and oxygen atoms in total. The number of benzene rings is 1. The number of ether oxygens (including phenoxy) is 2. The van der Waals surface area contributed by atoms with Crippen molar-refractivity contribution in [3.8, 4) is 0 Å². The van der Waals surface area contributed by atoms with Gasteiger partial charge in [0, 0.05) is 7.11 Å². The third-order valence-corrected chi connectivity index (χ3v) is 1.72. The van der Waals surface area contributed by atoms with Crippen molar-refractivity contribution < 1.29 is 19.5 Å². The molecule has 0 saturated carbocycles. The monoisotopic (exact) mass is 196 g/mol. The topological polar surface area (TPSA) is 58.9 Å². The Balaban J connectivity index is 2.55. The summed E-state index contributed by atoms with van der Waals surface area (Å²) < 4.78 is 9.84. The molecule has 0 unspecified atom stereocenters. The van der Waals surface area contributed by atoms with Crippen LogP contribution in [0.5, 0.6) is 0 Å². The summed E-state index contributed by atoms with van der Waals surface area (Å²) in [4.78, 5) is 0. The molecule has 5 heteroatoms. The zero-order chi connectivity index (χ0) is 10.4. The second kappa shape index (κ2) is 5.77. The van der Waals surface area contributed by atoms with Gasteiger partial charge in [0.15, 0.2) is 0 Å². The van der Waals surface area contributed by atoms with Gasteiger partial charge in [0.2, 0.25) is 0 Å². The molecule has 0 amide bonds. The molecule has 76 valence electrons. The van der Waals surface area contributed by atoms with Gasteiger partial charge >= 0.3 is 7.12 Å². The van der Waals surface area contributed by atoms with E-state index in [0.29, 0.717) is 12.1 Å². The molecular weight excluding hydrogens is 183 g/mol. The molecule has 14 heavy (non-hydrogen) atoms. The minimum Gasteiger partial charge on any atom is -0.423 e. The molecule has 0 fully saturated rings. The Labute approximate surface area is 83.2 Å². The number of hydrogen-bond acceptors (Lipinski definition) is 4. The Hall–Kier alpha value is -0.875. The van der Waals surface area contributed by atoms with E-state index >= 15 is 0 Å². The molecule has 1 aromatic carbocycles. The van der Waals surface area contributed by atoms with Crippen LogP contribution in [0.2, 0.25) is 0 Å². The van der Waals surface area contributed by atoms with Crippen LogP contribution in [0.25, 0.3) is 0 Å². The molecule has 0 aromatic heterocycles. The third kappa shape index (κ3) is 3.47. The molecule has 0 spiro atoms. The summed E-state index contributed by atoms with van der Waals surface area (Å²) in [5.74, 6) is 0. The lowest BCUT2D eigenvalue weighted by Gasteiger charge is -2.05. The first kappa shape index (κ1) is 11.2. The van der Waals surface area contributed by atoms with Crippen LogP contribution in [-0.2, 0) is 16.1 Å². The van der Waals surface area contributed by atoms with Crippen LogP contribution in [0.15, 0.2) is 24.3 Å². The smallest absolute Gasteiger partial charge is 0.423 e. The first-order chi connectivity index (χ1) is 6.74. The van der Waals surface area contributed by atoms with Crippen molar-refractivity contribution in [2.24, 2.45) is 0 Å². The predicted molar refractivity (Wildman–Crippen MR) is 52.9 cm³/mol. The maximum absolute atomic E-state index is 8.91. The Morgan fingerprint density at radius 3 is 2.79 bits per heavy atom. The Morgan fingerprint density at radius 2 is 2.14 bits per heavy atom. The van der Waals surface area contributed by atoms with Crippen LogP contribution in [0.3, 0.4) is 0 Å². The van der Waals surface area contributed by atoms with Crippen molar-refractivity contribution in [2.45, 2.75) is 6.61 Å². The molecule has 0 saturated heterocycles. The van der Waals surface area contributed by atoms with Crippen molar-refractivity contribution in [3.63, 3.8) is 0 Å². The quantitative estimate of drug-likeness (QED) is 0.378. The van der Waals surface area contributed by atoms with E-state index in [1.165, 1.54) is 0 Å². The van der Waals surface area contributed by atoms with Gasteiger partial charge in [-0.15, -0.1) is 0 Å². The summed E-state index contributed by atoms with van der Waals surface area (Å²) in [5, 5.41) is 17.8. The molecule has 0 radical (unpaired) electrons. The zero-order valence-corrected chi connectivity index (χ0v) is 8.01. The second-order valence-electron chi connectivity index (χ2n) is 2.87. The highest BCUT2D eigenvalue weighted by Crippen LogP contribution is 1.99. The van der Waals surface area contributed by atoms with E-state index in [1.807, 2.05) is 6.07 Å². The van der Waals surface area contributed by atoms with Crippen molar-refractivity contribution in [1.82, 2.24) is 0 Å². The maximum Gasteiger partial charge on any atom is 0.488 e. The van der Waals surface area contributed by atoms with Gasteiger partial charge in [-0.2, -0.15) is 0 Å². The Bertz CT molecular complexity index is 277. The van der Waals surface area contributed by atoms with E-state index in [4.69, 9.17) is 19.5 Å². The fraction of sp³-hybridized carbons (Fsp3) is 0.333. The summed E-state index contributed by atoms with van der Waals surface area (Å²) in [6.45, 7) is 0.625. The lowest BCUT2D eigenvalue weighted by molar-refractivity contribution is -0.0390. The number of hydrogen-bond donors (Lipinski definition) is 2. The minimum atomic E-state index is -1.43. The highest BCUT2D eigenvalue weighted by molar-refractivity contribution is 6.58. The van der Waals surface area contributed by atoms with Crippen LogP contribution >= 0.6 is 0 Å². The zero-order valence-electron chi connectivity index (χ0n) is 8.01. The van der Waals surface area contributed by atoms with E-state index < -0.39 is 7.12 Å². The van der Waals surface area contributed by atoms with Crippen LogP contribution in [0.4, 0.5) is 0 Å². The van der Waals surface area contributed by atoms with Gasteiger partial charge in [-0.05, 0) is 11.0 Å². The lowest BCUT2D eigenvalue weighted by Crippen LogP contribution is -2.29. The SMILES string of the molecule is COCOCc1cccc(B(O)O)c1.